The van der Waals surface area contributed by atoms with Gasteiger partial charge in [0.25, 0.3) is 5.91 Å². The Balaban J connectivity index is 1.46. The highest BCUT2D eigenvalue weighted by Gasteiger charge is 2.38. The minimum absolute atomic E-state index is 0.00305. The molecule has 0 N–H and O–H groups in total. The minimum Gasteiger partial charge on any atom is -0.485 e. The Labute approximate surface area is 213 Å². The number of aromatic nitrogens is 3. The molecular weight excluding hydrogens is 458 g/mol. The van der Waals surface area contributed by atoms with Crippen molar-refractivity contribution in [3.63, 3.8) is 0 Å². The number of hydrogen-bond acceptors (Lipinski definition) is 6. The van der Waals surface area contributed by atoms with E-state index in [-0.39, 0.29) is 24.0 Å². The number of carbonyl (C=O) groups is 2. The van der Waals surface area contributed by atoms with E-state index >= 15 is 0 Å². The molecule has 2 aliphatic rings. The molecule has 0 radical (unpaired) electrons. The van der Waals surface area contributed by atoms with Gasteiger partial charge in [0.1, 0.15) is 30.6 Å². The lowest BCUT2D eigenvalue weighted by Gasteiger charge is -2.25. The predicted octanol–water partition coefficient (Wildman–Crippen LogP) is 3.55. The molecule has 0 bridgehead atoms. The Hall–Kier alpha value is -2.94. The minimum atomic E-state index is -0.318. The summed E-state index contributed by atoms with van der Waals surface area (Å²) in [6.07, 6.45) is 10.4. The molecule has 9 nitrogen and oxygen atoms in total. The van der Waals surface area contributed by atoms with Crippen molar-refractivity contribution in [1.82, 2.24) is 24.6 Å². The van der Waals surface area contributed by atoms with Crippen LogP contribution in [0, 0.1) is 0 Å². The largest absolute Gasteiger partial charge is 0.485 e. The number of benzene rings is 1. The second kappa shape index (κ2) is 13.4. The maximum Gasteiger partial charge on any atom is 0.257 e. The second-order valence-electron chi connectivity index (χ2n) is 9.63. The van der Waals surface area contributed by atoms with Gasteiger partial charge in [0.2, 0.25) is 5.91 Å². The van der Waals surface area contributed by atoms with Crippen LogP contribution in [0.15, 0.2) is 36.9 Å². The number of aryl methyl sites for hydroxylation is 1. The molecule has 2 amide bonds. The summed E-state index contributed by atoms with van der Waals surface area (Å²) in [5.74, 6) is 0.644. The van der Waals surface area contributed by atoms with Crippen LogP contribution in [0.3, 0.4) is 0 Å². The fraction of sp³-hybridized carbons (Fsp3) is 0.630. The van der Waals surface area contributed by atoms with Crippen molar-refractivity contribution in [2.75, 3.05) is 32.8 Å². The number of carbonyl (C=O) groups excluding carboxylic acids is 2. The van der Waals surface area contributed by atoms with Crippen molar-refractivity contribution in [2.45, 2.75) is 77.0 Å². The van der Waals surface area contributed by atoms with E-state index in [1.54, 1.807) is 11.0 Å². The molecular formula is C27H39N5O4. The topological polar surface area (TPSA) is 89.8 Å². The van der Waals surface area contributed by atoms with Crippen LogP contribution in [0.2, 0.25) is 0 Å². The van der Waals surface area contributed by atoms with Gasteiger partial charge in [-0.15, -0.1) is 0 Å². The summed E-state index contributed by atoms with van der Waals surface area (Å²) in [4.78, 5) is 34.1. The van der Waals surface area contributed by atoms with Crippen molar-refractivity contribution < 1.29 is 19.1 Å². The lowest BCUT2D eigenvalue weighted by Crippen LogP contribution is -2.35. The zero-order valence-corrected chi connectivity index (χ0v) is 21.4. The van der Waals surface area contributed by atoms with E-state index in [0.717, 1.165) is 32.2 Å². The molecule has 3 heterocycles. The summed E-state index contributed by atoms with van der Waals surface area (Å²) in [5, 5.41) is 4.10. The molecule has 0 saturated carbocycles. The Bertz CT molecular complexity index is 967. The van der Waals surface area contributed by atoms with Gasteiger partial charge in [0.05, 0.1) is 18.7 Å². The van der Waals surface area contributed by atoms with E-state index in [2.05, 4.69) is 10.1 Å². The van der Waals surface area contributed by atoms with Crippen molar-refractivity contribution >= 4 is 11.8 Å². The molecule has 2 aliphatic heterocycles. The van der Waals surface area contributed by atoms with Crippen LogP contribution >= 0.6 is 0 Å². The van der Waals surface area contributed by atoms with Crippen LogP contribution in [-0.4, -0.2) is 81.4 Å². The third-order valence-electron chi connectivity index (χ3n) is 7.03. The monoisotopic (exact) mass is 497 g/mol. The van der Waals surface area contributed by atoms with Gasteiger partial charge in [-0.3, -0.25) is 14.3 Å². The summed E-state index contributed by atoms with van der Waals surface area (Å²) in [6.45, 7) is 5.71. The second-order valence-corrected chi connectivity index (χ2v) is 9.63. The van der Waals surface area contributed by atoms with E-state index in [4.69, 9.17) is 9.47 Å². The Morgan fingerprint density at radius 2 is 1.83 bits per heavy atom. The molecule has 0 spiro atoms. The van der Waals surface area contributed by atoms with Gasteiger partial charge in [-0.25, -0.2) is 4.98 Å². The first kappa shape index (κ1) is 26.1. The highest BCUT2D eigenvalue weighted by molar-refractivity contribution is 5.97. The summed E-state index contributed by atoms with van der Waals surface area (Å²) in [6, 6.07) is 7.45. The highest BCUT2D eigenvalue weighted by Crippen LogP contribution is 2.26. The number of para-hydroxylation sites is 1. The zero-order valence-electron chi connectivity index (χ0n) is 21.4. The van der Waals surface area contributed by atoms with Crippen molar-refractivity contribution in [3.8, 4) is 5.75 Å². The van der Waals surface area contributed by atoms with Gasteiger partial charge < -0.3 is 19.3 Å². The number of fused-ring (bicyclic) bond motifs is 2. The predicted molar refractivity (Wildman–Crippen MR) is 136 cm³/mol. The molecule has 0 unspecified atom stereocenters. The van der Waals surface area contributed by atoms with Crippen LogP contribution in [0.4, 0.5) is 0 Å². The Morgan fingerprint density at radius 3 is 2.64 bits per heavy atom. The number of hydrogen-bond donors (Lipinski definition) is 0. The number of amides is 2. The first-order valence-corrected chi connectivity index (χ1v) is 13.4. The highest BCUT2D eigenvalue weighted by atomic mass is 16.5. The summed E-state index contributed by atoms with van der Waals surface area (Å²) >= 11 is 0. The summed E-state index contributed by atoms with van der Waals surface area (Å²) < 4.78 is 14.4. The lowest BCUT2D eigenvalue weighted by molar-refractivity contribution is -0.130. The fourth-order valence-electron chi connectivity index (χ4n) is 4.95. The smallest absolute Gasteiger partial charge is 0.257 e. The maximum atomic E-state index is 13.4. The van der Waals surface area contributed by atoms with Gasteiger partial charge >= 0.3 is 0 Å². The third kappa shape index (κ3) is 7.06. The van der Waals surface area contributed by atoms with Crippen molar-refractivity contribution in [2.24, 2.45) is 0 Å². The van der Waals surface area contributed by atoms with Crippen LogP contribution in [-0.2, 0) is 16.1 Å². The summed E-state index contributed by atoms with van der Waals surface area (Å²) in [7, 11) is 0. The van der Waals surface area contributed by atoms with Crippen molar-refractivity contribution in [1.29, 1.82) is 0 Å². The normalized spacial score (nSPS) is 22.1. The average molecular weight is 498 g/mol. The molecule has 1 saturated heterocycles. The van der Waals surface area contributed by atoms with Crippen molar-refractivity contribution in [3.05, 3.63) is 42.5 Å². The van der Waals surface area contributed by atoms with Gasteiger partial charge in [-0.1, -0.05) is 37.8 Å². The number of nitrogens with zero attached hydrogens (tertiary/aromatic N) is 5. The van der Waals surface area contributed by atoms with Crippen LogP contribution < -0.4 is 4.74 Å². The summed E-state index contributed by atoms with van der Waals surface area (Å²) in [5.41, 5.74) is 0.572. The first-order chi connectivity index (χ1) is 17.7. The molecule has 0 aliphatic carbocycles. The molecule has 4 rings (SSSR count). The van der Waals surface area contributed by atoms with Gasteiger partial charge in [0, 0.05) is 32.7 Å². The van der Waals surface area contributed by atoms with Crippen LogP contribution in [0.5, 0.6) is 5.75 Å². The number of rotatable bonds is 5. The zero-order chi connectivity index (χ0) is 25.2. The molecule has 1 aromatic carbocycles. The van der Waals surface area contributed by atoms with E-state index in [9.17, 15) is 9.59 Å². The molecule has 1 aromatic heterocycles. The number of ether oxygens (including phenoxy) is 2. The number of likely N-dealkylation sites (tertiary alicyclic amines) is 1. The molecule has 2 aromatic rings. The van der Waals surface area contributed by atoms with E-state index in [0.29, 0.717) is 56.9 Å². The van der Waals surface area contributed by atoms with E-state index < -0.39 is 0 Å². The standard InChI is InChI=1S/C27H39N5O4/c1-2-30-15-9-5-3-4-6-10-17-35-24-18-31(26(33)14-11-16-32-21-28-20-29-32)19-25(24)36-23-13-8-7-12-22(23)27(30)34/h7-8,12-13,20-21,24-25H,2-6,9-11,14-19H2,1H3/t24-,25-/m1/s1. The van der Waals surface area contributed by atoms with Gasteiger partial charge in [-0.2, -0.15) is 5.10 Å². The Morgan fingerprint density at radius 1 is 1.06 bits per heavy atom. The molecule has 9 heteroatoms. The lowest BCUT2D eigenvalue weighted by atomic mass is 10.1. The van der Waals surface area contributed by atoms with E-state index in [1.165, 1.54) is 19.2 Å². The molecule has 2 atom stereocenters. The van der Waals surface area contributed by atoms with Gasteiger partial charge in [0.15, 0.2) is 0 Å². The molecule has 196 valence electrons. The molecule has 36 heavy (non-hydrogen) atoms. The van der Waals surface area contributed by atoms with Crippen LogP contribution in [0.25, 0.3) is 0 Å². The maximum absolute atomic E-state index is 13.4. The van der Waals surface area contributed by atoms with Crippen LogP contribution in [0.1, 0.15) is 68.6 Å². The molecule has 1 fully saturated rings. The first-order valence-electron chi connectivity index (χ1n) is 13.4. The quantitative estimate of drug-likeness (QED) is 0.628. The Kier molecular flexibility index (Phi) is 9.72. The third-order valence-corrected chi connectivity index (χ3v) is 7.03. The van der Waals surface area contributed by atoms with E-state index in [1.807, 2.05) is 41.0 Å². The fourth-order valence-corrected chi connectivity index (χ4v) is 4.95. The average Bonchev–Trinajstić information content (AvgIpc) is 3.55. The van der Waals surface area contributed by atoms with Gasteiger partial charge in [-0.05, 0) is 38.3 Å². The SMILES string of the molecule is CCN1CCCCCCCCO[C@@H]2CN(C(=O)CCCn3cncn3)C[C@H]2Oc2ccccc2C1=O.